The van der Waals surface area contributed by atoms with Gasteiger partial charge in [-0.2, -0.15) is 11.8 Å². The van der Waals surface area contributed by atoms with Crippen LogP contribution in [0.25, 0.3) is 0 Å². The van der Waals surface area contributed by atoms with Crippen LogP contribution >= 0.6 is 11.8 Å². The highest BCUT2D eigenvalue weighted by Crippen LogP contribution is 2.22. The number of hydrogen-bond donors (Lipinski definition) is 9. The lowest BCUT2D eigenvalue weighted by Crippen LogP contribution is -2.60. The van der Waals surface area contributed by atoms with Crippen LogP contribution in [-0.2, 0) is 49.6 Å². The average molecular weight is 839 g/mol. The van der Waals surface area contributed by atoms with Crippen molar-refractivity contribution in [1.82, 2.24) is 26.2 Å². The van der Waals surface area contributed by atoms with E-state index in [1.165, 1.54) is 40.9 Å². The number of thioether (sulfide) groups is 1. The second kappa shape index (κ2) is 23.1. The lowest BCUT2D eigenvalue weighted by atomic mass is 9.99. The highest BCUT2D eigenvalue weighted by Gasteiger charge is 2.41. The lowest BCUT2D eigenvalue weighted by molar-refractivity contribution is -0.159. The summed E-state index contributed by atoms with van der Waals surface area (Å²) < 4.78 is 5.01. The number of carbonyl (C=O) groups is 9. The minimum absolute atomic E-state index is 0.0389. The normalized spacial score (nSPS) is 16.4. The number of benzene rings is 1. The Kier molecular flexibility index (Phi) is 19.4. The number of amides is 5. The summed E-state index contributed by atoms with van der Waals surface area (Å²) in [5, 5.41) is 47.3. The third kappa shape index (κ3) is 15.1. The van der Waals surface area contributed by atoms with E-state index in [4.69, 9.17) is 25.8 Å². The summed E-state index contributed by atoms with van der Waals surface area (Å²) in [4.78, 5) is 115. The molecule has 1 aromatic carbocycles. The number of carbonyl (C=O) groups excluding carboxylic acids is 5. The Labute approximate surface area is 339 Å². The highest BCUT2D eigenvalue weighted by molar-refractivity contribution is 7.98. The fraction of sp³-hybridized carbons (Fsp3) is 0.595. The molecule has 0 radical (unpaired) electrons. The van der Waals surface area contributed by atoms with Gasteiger partial charge in [-0.15, -0.1) is 0 Å². The second-order valence-corrected chi connectivity index (χ2v) is 15.6. The molecule has 0 saturated carbocycles. The van der Waals surface area contributed by atoms with Crippen molar-refractivity contribution in [3.63, 3.8) is 0 Å². The monoisotopic (exact) mass is 838 g/mol. The quantitative estimate of drug-likeness (QED) is 0.0588. The van der Waals surface area contributed by atoms with Gasteiger partial charge in [-0.25, -0.2) is 14.4 Å². The van der Waals surface area contributed by atoms with E-state index in [9.17, 15) is 48.3 Å². The maximum atomic E-state index is 14.1. The number of ether oxygens (including phenoxy) is 1. The van der Waals surface area contributed by atoms with Crippen molar-refractivity contribution in [1.29, 1.82) is 0 Å². The third-order valence-electron chi connectivity index (χ3n) is 9.06. The van der Waals surface area contributed by atoms with E-state index in [-0.39, 0.29) is 43.9 Å². The molecule has 58 heavy (non-hydrogen) atoms. The fourth-order valence-corrected chi connectivity index (χ4v) is 6.51. The molecule has 6 atom stereocenters. The predicted octanol–water partition coefficient (Wildman–Crippen LogP) is -0.582. The van der Waals surface area contributed by atoms with Gasteiger partial charge < -0.3 is 57.1 Å². The van der Waals surface area contributed by atoms with E-state index < -0.39 is 108 Å². The summed E-state index contributed by atoms with van der Waals surface area (Å²) in [7, 11) is 0. The molecule has 1 aliphatic heterocycles. The number of nitrogens with zero attached hydrogens (tertiary/aromatic N) is 1. The molecule has 0 spiro atoms. The molecule has 0 unspecified atom stereocenters. The van der Waals surface area contributed by atoms with Crippen LogP contribution in [0.5, 0.6) is 5.75 Å². The first-order valence-electron chi connectivity index (χ1n) is 18.6. The Hall–Kier alpha value is -5.44. The van der Waals surface area contributed by atoms with Gasteiger partial charge in [-0.05, 0) is 67.2 Å². The van der Waals surface area contributed by atoms with Gasteiger partial charge in [0.2, 0.25) is 29.5 Å². The summed E-state index contributed by atoms with van der Waals surface area (Å²) in [5.74, 6) is -10.2. The largest absolute Gasteiger partial charge is 0.481 e. The van der Waals surface area contributed by atoms with Gasteiger partial charge in [0.25, 0.3) is 6.10 Å². The number of nitrogens with two attached hydrogens (primary N) is 1. The van der Waals surface area contributed by atoms with Crippen molar-refractivity contribution in [2.45, 2.75) is 109 Å². The summed E-state index contributed by atoms with van der Waals surface area (Å²) in [6.45, 7) is 7.04. The van der Waals surface area contributed by atoms with Gasteiger partial charge in [-0.1, -0.05) is 39.8 Å². The fourth-order valence-electron chi connectivity index (χ4n) is 6.04. The minimum Gasteiger partial charge on any atom is -0.481 e. The van der Waals surface area contributed by atoms with Gasteiger partial charge in [0.15, 0.2) is 0 Å². The first kappa shape index (κ1) is 48.7. The Morgan fingerprint density at radius 3 is 1.91 bits per heavy atom. The summed E-state index contributed by atoms with van der Waals surface area (Å²) in [6.07, 6.45) is -0.406. The van der Waals surface area contributed by atoms with E-state index in [0.717, 1.165) is 0 Å². The van der Waals surface area contributed by atoms with Gasteiger partial charge in [0.05, 0.1) is 12.5 Å². The Bertz CT molecular complexity index is 1640. The molecule has 5 amide bonds. The number of nitrogens with one attached hydrogen (secondary N) is 4. The standard InChI is InChI=1S/C37H54N6O14S/c1-18(2)15-25(35(51)52)41-31(47)23(12-14-58-5)39-33(49)26-7-6-13-43(26)34(50)28(19(3)4)42-32(48)24(40-30(46)22(38)17-27(44)45)16-20-8-10-21(11-9-20)57-29(36(53)54)37(55)56/h8-11,18-19,22-26,28-29H,6-7,12-17,38H2,1-5H3,(H,39,49)(H,40,46)(H,41,47)(H,42,48)(H,44,45)(H,51,52)(H,53,54)(H,55,56)/t22-,23-,24-,25-,26-,28-/m0/s1. The van der Waals surface area contributed by atoms with Gasteiger partial charge in [0.1, 0.15) is 36.0 Å². The maximum Gasteiger partial charge on any atom is 0.356 e. The second-order valence-electron chi connectivity index (χ2n) is 14.6. The molecule has 322 valence electrons. The Balaban J connectivity index is 2.33. The summed E-state index contributed by atoms with van der Waals surface area (Å²) >= 11 is 1.42. The summed E-state index contributed by atoms with van der Waals surface area (Å²) in [5.41, 5.74) is 6.10. The average Bonchev–Trinajstić information content (AvgIpc) is 3.63. The molecule has 0 aliphatic carbocycles. The molecule has 1 aromatic rings. The van der Waals surface area contributed by atoms with Crippen LogP contribution < -0.4 is 31.7 Å². The predicted molar refractivity (Wildman–Crippen MR) is 207 cm³/mol. The molecule has 0 bridgehead atoms. The molecule has 1 saturated heterocycles. The third-order valence-corrected chi connectivity index (χ3v) is 9.71. The van der Waals surface area contributed by atoms with Crippen molar-refractivity contribution < 1.29 is 68.3 Å². The van der Waals surface area contributed by atoms with E-state index in [0.29, 0.717) is 17.7 Å². The number of hydrogen-bond acceptors (Lipinski definition) is 12. The van der Waals surface area contributed by atoms with E-state index in [1.54, 1.807) is 20.1 Å². The zero-order valence-corrected chi connectivity index (χ0v) is 33.8. The number of carboxylic acid groups (broad SMARTS) is 4. The zero-order valence-electron chi connectivity index (χ0n) is 33.0. The number of aliphatic carboxylic acids is 4. The molecule has 21 heteroatoms. The smallest absolute Gasteiger partial charge is 0.356 e. The first-order chi connectivity index (χ1) is 27.2. The molecule has 1 fully saturated rings. The molecule has 0 aromatic heterocycles. The van der Waals surface area contributed by atoms with Crippen molar-refractivity contribution in [2.24, 2.45) is 17.6 Å². The van der Waals surface area contributed by atoms with E-state index in [2.05, 4.69) is 21.3 Å². The van der Waals surface area contributed by atoms with Gasteiger partial charge in [-0.3, -0.25) is 28.8 Å². The van der Waals surface area contributed by atoms with E-state index >= 15 is 0 Å². The van der Waals surface area contributed by atoms with Crippen LogP contribution in [0.3, 0.4) is 0 Å². The zero-order chi connectivity index (χ0) is 43.9. The van der Waals surface area contributed by atoms with Crippen LogP contribution in [0.2, 0.25) is 0 Å². The molecule has 1 heterocycles. The topological polar surface area (TPSA) is 321 Å². The maximum absolute atomic E-state index is 14.1. The molecule has 10 N–H and O–H groups in total. The SMILES string of the molecule is CSCC[C@H](NC(=O)[C@@H]1CCCN1C(=O)[C@@H](NC(=O)[C@H](Cc1ccc(OC(C(=O)O)C(=O)O)cc1)NC(=O)[C@@H](N)CC(=O)O)C(C)C)C(=O)N[C@@H](CC(C)C)C(=O)O. The molecule has 2 rings (SSSR count). The molecule has 20 nitrogen and oxygen atoms in total. The van der Waals surface area contributed by atoms with Crippen molar-refractivity contribution in [3.8, 4) is 5.75 Å². The van der Waals surface area contributed by atoms with Crippen LogP contribution in [0.4, 0.5) is 0 Å². The number of carboxylic acids is 4. The van der Waals surface area contributed by atoms with Crippen LogP contribution in [0.1, 0.15) is 65.4 Å². The molecular weight excluding hydrogens is 785 g/mol. The first-order valence-corrected chi connectivity index (χ1v) is 20.0. The van der Waals surface area contributed by atoms with E-state index in [1.807, 2.05) is 13.8 Å². The Morgan fingerprint density at radius 2 is 1.40 bits per heavy atom. The van der Waals surface area contributed by atoms with Crippen LogP contribution in [0, 0.1) is 11.8 Å². The van der Waals surface area contributed by atoms with Crippen LogP contribution in [0.15, 0.2) is 24.3 Å². The molecule has 1 aliphatic rings. The van der Waals surface area contributed by atoms with Gasteiger partial charge >= 0.3 is 23.9 Å². The highest BCUT2D eigenvalue weighted by atomic mass is 32.2. The van der Waals surface area contributed by atoms with Crippen LogP contribution in [-0.4, -0.2) is 140 Å². The lowest BCUT2D eigenvalue weighted by Gasteiger charge is -2.32. The van der Waals surface area contributed by atoms with Crippen molar-refractivity contribution in [3.05, 3.63) is 29.8 Å². The molecular formula is C37H54N6O14S. The minimum atomic E-state index is -2.20. The van der Waals surface area contributed by atoms with Crippen molar-refractivity contribution >= 4 is 65.2 Å². The van der Waals surface area contributed by atoms with Gasteiger partial charge in [0, 0.05) is 13.0 Å². The number of likely N-dealkylation sites (tertiary alicyclic amines) is 1. The Morgan fingerprint density at radius 1 is 0.810 bits per heavy atom. The van der Waals surface area contributed by atoms with Crippen molar-refractivity contribution in [2.75, 3.05) is 18.6 Å². The summed E-state index contributed by atoms with van der Waals surface area (Å²) in [6, 6.07) is -2.31. The number of rotatable bonds is 24.